The minimum Gasteiger partial charge on any atom is -0.366 e. The van der Waals surface area contributed by atoms with Gasteiger partial charge in [-0.05, 0) is 63.3 Å². The summed E-state index contributed by atoms with van der Waals surface area (Å²) in [5.74, 6) is -0.144. The maximum absolute atomic E-state index is 12.4. The first kappa shape index (κ1) is 24.1. The van der Waals surface area contributed by atoms with E-state index in [0.29, 0.717) is 12.0 Å². The number of benzene rings is 1. The minimum atomic E-state index is -0.601. The van der Waals surface area contributed by atoms with Gasteiger partial charge in [-0.1, -0.05) is 25.1 Å². The number of carbonyl (C=O) groups excluding carboxylic acids is 2. The fourth-order valence-electron chi connectivity index (χ4n) is 3.12. The average molecular weight is 430 g/mol. The van der Waals surface area contributed by atoms with Crippen molar-refractivity contribution in [3.8, 4) is 0 Å². The quantitative estimate of drug-likeness (QED) is 0.398. The zero-order chi connectivity index (χ0) is 21.9. The van der Waals surface area contributed by atoms with E-state index in [1.165, 1.54) is 0 Å². The second-order valence-electron chi connectivity index (χ2n) is 7.48. The number of rotatable bonds is 12. The van der Waals surface area contributed by atoms with Crippen LogP contribution in [0.25, 0.3) is 0 Å². The molecular formula is C23H31N3O3S. The molecule has 0 amide bonds. The van der Waals surface area contributed by atoms with E-state index in [9.17, 15) is 9.59 Å². The van der Waals surface area contributed by atoms with E-state index in [1.807, 2.05) is 51.4 Å². The molecule has 0 aliphatic rings. The summed E-state index contributed by atoms with van der Waals surface area (Å²) < 4.78 is 0. The third kappa shape index (κ3) is 7.23. The fourth-order valence-corrected chi connectivity index (χ4v) is 3.39. The standard InChI is InChI=1S/C23H31N3O3S/c1-4-7-22(27)21(16-30)25-29-23(28)18-11-9-17(10-12-18)19(13-15-26(2)3)20-8-5-6-14-24-20/h5-6,8-12,14,19,21,25,30H,4,7,13,15-16H2,1-3H3/t19?,21-/m0/s1. The molecule has 1 N–H and O–H groups in total. The van der Waals surface area contributed by atoms with Gasteiger partial charge in [0.1, 0.15) is 6.04 Å². The topological polar surface area (TPSA) is 71.5 Å². The molecule has 1 heterocycles. The van der Waals surface area contributed by atoms with Crippen molar-refractivity contribution in [1.82, 2.24) is 15.4 Å². The normalized spacial score (nSPS) is 13.1. The number of nitrogens with zero attached hydrogens (tertiary/aromatic N) is 2. The Morgan fingerprint density at radius 2 is 1.90 bits per heavy atom. The average Bonchev–Trinajstić information content (AvgIpc) is 2.75. The molecule has 6 nitrogen and oxygen atoms in total. The summed E-state index contributed by atoms with van der Waals surface area (Å²) in [5.41, 5.74) is 5.06. The highest BCUT2D eigenvalue weighted by Crippen LogP contribution is 2.27. The Hall–Kier alpha value is -2.22. The van der Waals surface area contributed by atoms with Crippen LogP contribution in [-0.2, 0) is 9.63 Å². The van der Waals surface area contributed by atoms with E-state index in [2.05, 4.69) is 28.0 Å². The summed E-state index contributed by atoms with van der Waals surface area (Å²) in [7, 11) is 4.09. The smallest absolute Gasteiger partial charge is 0.356 e. The van der Waals surface area contributed by atoms with Crippen molar-refractivity contribution in [2.75, 3.05) is 26.4 Å². The molecule has 0 fully saturated rings. The summed E-state index contributed by atoms with van der Waals surface area (Å²) in [4.78, 5) is 36.1. The Morgan fingerprint density at radius 3 is 2.47 bits per heavy atom. The van der Waals surface area contributed by atoms with Gasteiger partial charge >= 0.3 is 5.97 Å². The van der Waals surface area contributed by atoms with Gasteiger partial charge in [0.05, 0.1) is 5.56 Å². The fraction of sp³-hybridized carbons (Fsp3) is 0.435. The van der Waals surface area contributed by atoms with Gasteiger partial charge in [0.25, 0.3) is 0 Å². The zero-order valence-corrected chi connectivity index (χ0v) is 18.8. The van der Waals surface area contributed by atoms with Crippen molar-refractivity contribution in [3.63, 3.8) is 0 Å². The number of ketones is 1. The molecule has 2 rings (SSSR count). The Morgan fingerprint density at radius 1 is 1.17 bits per heavy atom. The summed E-state index contributed by atoms with van der Waals surface area (Å²) in [5, 5.41) is 0. The molecule has 0 spiro atoms. The van der Waals surface area contributed by atoms with Gasteiger partial charge in [0.15, 0.2) is 5.78 Å². The van der Waals surface area contributed by atoms with E-state index in [-0.39, 0.29) is 17.5 Å². The van der Waals surface area contributed by atoms with Crippen LogP contribution in [0.4, 0.5) is 0 Å². The molecule has 7 heteroatoms. The highest BCUT2D eigenvalue weighted by molar-refractivity contribution is 7.80. The van der Waals surface area contributed by atoms with Crippen LogP contribution in [-0.4, -0.2) is 54.1 Å². The molecule has 2 atom stereocenters. The molecule has 1 unspecified atom stereocenters. The van der Waals surface area contributed by atoms with Gasteiger partial charge in [-0.15, -0.1) is 5.48 Å². The first-order valence-corrected chi connectivity index (χ1v) is 10.8. The lowest BCUT2D eigenvalue weighted by atomic mass is 9.91. The maximum atomic E-state index is 12.4. The van der Waals surface area contributed by atoms with Crippen LogP contribution in [0.1, 0.15) is 53.7 Å². The van der Waals surface area contributed by atoms with Gasteiger partial charge in [-0.3, -0.25) is 9.78 Å². The van der Waals surface area contributed by atoms with Crippen molar-refractivity contribution in [1.29, 1.82) is 0 Å². The summed E-state index contributed by atoms with van der Waals surface area (Å²) >= 11 is 4.16. The van der Waals surface area contributed by atoms with E-state index in [4.69, 9.17) is 4.84 Å². The number of pyridine rings is 1. The van der Waals surface area contributed by atoms with E-state index in [0.717, 1.165) is 30.6 Å². The molecule has 0 saturated carbocycles. The molecule has 0 saturated heterocycles. The summed E-state index contributed by atoms with van der Waals surface area (Å²) in [6.45, 7) is 2.85. The van der Waals surface area contributed by atoms with Crippen molar-refractivity contribution < 1.29 is 14.4 Å². The van der Waals surface area contributed by atoms with Crippen molar-refractivity contribution in [2.45, 2.75) is 38.1 Å². The van der Waals surface area contributed by atoms with Gasteiger partial charge in [-0.2, -0.15) is 12.6 Å². The molecule has 0 radical (unpaired) electrons. The van der Waals surface area contributed by atoms with E-state index >= 15 is 0 Å². The predicted molar refractivity (Wildman–Crippen MR) is 122 cm³/mol. The first-order valence-electron chi connectivity index (χ1n) is 10.2. The predicted octanol–water partition coefficient (Wildman–Crippen LogP) is 3.49. The Balaban J connectivity index is 2.07. The number of Topliss-reactive ketones (excluding diaryl/α,β-unsaturated/α-hetero) is 1. The number of nitrogens with one attached hydrogen (secondary N) is 1. The van der Waals surface area contributed by atoms with Crippen molar-refractivity contribution >= 4 is 24.4 Å². The van der Waals surface area contributed by atoms with Gasteiger partial charge < -0.3 is 9.74 Å². The second-order valence-corrected chi connectivity index (χ2v) is 7.85. The number of thiol groups is 1. The lowest BCUT2D eigenvalue weighted by Gasteiger charge is -2.20. The van der Waals surface area contributed by atoms with Crippen molar-refractivity contribution in [3.05, 3.63) is 65.5 Å². The lowest BCUT2D eigenvalue weighted by molar-refractivity contribution is -0.123. The number of aromatic nitrogens is 1. The van der Waals surface area contributed by atoms with Crippen LogP contribution in [0.5, 0.6) is 0 Å². The molecule has 1 aromatic heterocycles. The maximum Gasteiger partial charge on any atom is 0.356 e. The molecular weight excluding hydrogens is 398 g/mol. The van der Waals surface area contributed by atoms with Crippen LogP contribution in [0.2, 0.25) is 0 Å². The van der Waals surface area contributed by atoms with Crippen LogP contribution < -0.4 is 5.48 Å². The minimum absolute atomic E-state index is 0.0188. The van der Waals surface area contributed by atoms with Crippen LogP contribution >= 0.6 is 12.6 Å². The molecule has 162 valence electrons. The van der Waals surface area contributed by atoms with Gasteiger partial charge in [-0.25, -0.2) is 4.79 Å². The summed E-state index contributed by atoms with van der Waals surface area (Å²) in [6, 6.07) is 12.7. The number of hydroxylamine groups is 1. The number of hydrogen-bond donors (Lipinski definition) is 2. The molecule has 0 aliphatic heterocycles. The molecule has 2 aromatic rings. The van der Waals surface area contributed by atoms with Gasteiger partial charge in [0.2, 0.25) is 0 Å². The van der Waals surface area contributed by atoms with Crippen LogP contribution in [0, 0.1) is 0 Å². The molecule has 1 aromatic carbocycles. The summed E-state index contributed by atoms with van der Waals surface area (Å²) in [6.07, 6.45) is 3.88. The lowest BCUT2D eigenvalue weighted by Crippen LogP contribution is -2.39. The highest BCUT2D eigenvalue weighted by Gasteiger charge is 2.19. The van der Waals surface area contributed by atoms with Crippen LogP contribution in [0.3, 0.4) is 0 Å². The van der Waals surface area contributed by atoms with Crippen LogP contribution in [0.15, 0.2) is 48.7 Å². The molecule has 0 aliphatic carbocycles. The largest absolute Gasteiger partial charge is 0.366 e. The second kappa shape index (κ2) is 12.5. The van der Waals surface area contributed by atoms with E-state index in [1.54, 1.807) is 18.3 Å². The Bertz CT molecular complexity index is 797. The molecule has 30 heavy (non-hydrogen) atoms. The first-order chi connectivity index (χ1) is 14.5. The Labute approximate surface area is 184 Å². The monoisotopic (exact) mass is 429 g/mol. The Kier molecular flexibility index (Phi) is 10.00. The SMILES string of the molecule is CCCC(=O)[C@H](CS)NOC(=O)c1ccc(C(CCN(C)C)c2ccccn2)cc1. The zero-order valence-electron chi connectivity index (χ0n) is 17.9. The molecule has 0 bridgehead atoms. The highest BCUT2D eigenvalue weighted by atomic mass is 32.1. The third-order valence-corrected chi connectivity index (χ3v) is 5.19. The number of carbonyl (C=O) groups is 2. The van der Waals surface area contributed by atoms with E-state index < -0.39 is 12.0 Å². The third-order valence-electron chi connectivity index (χ3n) is 4.82. The van der Waals surface area contributed by atoms with Gasteiger partial charge in [0, 0.05) is 30.0 Å². The number of hydrogen-bond acceptors (Lipinski definition) is 7. The van der Waals surface area contributed by atoms with Crippen molar-refractivity contribution in [2.24, 2.45) is 0 Å².